The minimum atomic E-state index is -0.425. The van der Waals surface area contributed by atoms with E-state index in [9.17, 15) is 14.7 Å². The zero-order chi connectivity index (χ0) is 10.8. The van der Waals surface area contributed by atoms with Crippen molar-refractivity contribution in [2.75, 3.05) is 6.54 Å². The van der Waals surface area contributed by atoms with Gasteiger partial charge in [0.1, 0.15) is 6.04 Å². The lowest BCUT2D eigenvalue weighted by Crippen LogP contribution is -2.44. The average Bonchev–Trinajstić information content (AvgIpc) is 2.97. The first-order chi connectivity index (χ1) is 7.16. The molecule has 0 aromatic carbocycles. The highest BCUT2D eigenvalue weighted by molar-refractivity contribution is 5.90. The first kappa shape index (κ1) is 10.4. The second-order valence-corrected chi connectivity index (χ2v) is 4.31. The van der Waals surface area contributed by atoms with Gasteiger partial charge in [-0.05, 0) is 25.2 Å². The average molecular weight is 212 g/mol. The van der Waals surface area contributed by atoms with Gasteiger partial charge in [0.05, 0.1) is 6.10 Å². The van der Waals surface area contributed by atoms with Crippen LogP contribution in [0.4, 0.5) is 0 Å². The maximum absolute atomic E-state index is 11.5. The summed E-state index contributed by atoms with van der Waals surface area (Å²) in [4.78, 5) is 22.4. The maximum atomic E-state index is 11.5. The summed E-state index contributed by atoms with van der Waals surface area (Å²) < 4.78 is 0. The number of hydrogen-bond donors (Lipinski definition) is 3. The molecule has 1 aliphatic carbocycles. The van der Waals surface area contributed by atoms with E-state index < -0.39 is 12.1 Å². The van der Waals surface area contributed by atoms with E-state index in [1.807, 2.05) is 0 Å². The molecule has 3 N–H and O–H groups in total. The van der Waals surface area contributed by atoms with Crippen molar-refractivity contribution in [3.05, 3.63) is 0 Å². The van der Waals surface area contributed by atoms with Crippen LogP contribution in [0.1, 0.15) is 25.7 Å². The van der Waals surface area contributed by atoms with Gasteiger partial charge in [-0.3, -0.25) is 9.59 Å². The summed E-state index contributed by atoms with van der Waals surface area (Å²) in [6.07, 6.45) is 2.66. The van der Waals surface area contributed by atoms with Crippen molar-refractivity contribution < 1.29 is 14.7 Å². The summed E-state index contributed by atoms with van der Waals surface area (Å²) in [7, 11) is 0. The normalized spacial score (nSPS) is 27.3. The number of hydrogen-bond acceptors (Lipinski definition) is 3. The van der Waals surface area contributed by atoms with Crippen LogP contribution >= 0.6 is 0 Å². The molecule has 2 fully saturated rings. The van der Waals surface area contributed by atoms with Crippen molar-refractivity contribution in [2.45, 2.75) is 37.8 Å². The number of carbonyl (C=O) groups excluding carboxylic acids is 2. The van der Waals surface area contributed by atoms with Crippen LogP contribution in [-0.4, -0.2) is 35.6 Å². The molecule has 0 aromatic heterocycles. The number of rotatable bonds is 4. The van der Waals surface area contributed by atoms with Crippen molar-refractivity contribution in [1.29, 1.82) is 0 Å². The van der Waals surface area contributed by atoms with Gasteiger partial charge in [0.2, 0.25) is 11.8 Å². The number of aliphatic hydroxyl groups excluding tert-OH is 1. The number of amides is 2. The van der Waals surface area contributed by atoms with Gasteiger partial charge in [-0.15, -0.1) is 0 Å². The molecule has 1 aliphatic heterocycles. The van der Waals surface area contributed by atoms with Crippen LogP contribution in [-0.2, 0) is 9.59 Å². The van der Waals surface area contributed by atoms with E-state index in [1.54, 1.807) is 0 Å². The first-order valence-corrected chi connectivity index (χ1v) is 5.42. The Balaban J connectivity index is 1.69. The molecule has 0 spiro atoms. The van der Waals surface area contributed by atoms with E-state index in [-0.39, 0.29) is 11.8 Å². The molecule has 1 unspecified atom stereocenters. The highest BCUT2D eigenvalue weighted by Gasteiger charge is 2.31. The Bertz CT molecular complexity index is 276. The largest absolute Gasteiger partial charge is 0.391 e. The quantitative estimate of drug-likeness (QED) is 0.568. The van der Waals surface area contributed by atoms with Gasteiger partial charge in [-0.2, -0.15) is 0 Å². The van der Waals surface area contributed by atoms with Crippen molar-refractivity contribution in [3.8, 4) is 0 Å². The van der Waals surface area contributed by atoms with Crippen LogP contribution in [0.3, 0.4) is 0 Å². The van der Waals surface area contributed by atoms with Crippen LogP contribution in [0.5, 0.6) is 0 Å². The van der Waals surface area contributed by atoms with Crippen LogP contribution in [0.15, 0.2) is 0 Å². The molecule has 2 aliphatic rings. The van der Waals surface area contributed by atoms with Crippen molar-refractivity contribution in [2.24, 2.45) is 5.92 Å². The fourth-order valence-corrected chi connectivity index (χ4v) is 1.79. The monoisotopic (exact) mass is 212 g/mol. The third kappa shape index (κ3) is 2.68. The third-order valence-electron chi connectivity index (χ3n) is 2.96. The van der Waals surface area contributed by atoms with Gasteiger partial charge < -0.3 is 15.7 Å². The van der Waals surface area contributed by atoms with E-state index in [1.165, 1.54) is 0 Å². The Kier molecular flexibility index (Phi) is 2.90. The highest BCUT2D eigenvalue weighted by atomic mass is 16.3. The van der Waals surface area contributed by atoms with Gasteiger partial charge in [0.25, 0.3) is 0 Å². The number of nitrogens with one attached hydrogen (secondary N) is 2. The third-order valence-corrected chi connectivity index (χ3v) is 2.96. The van der Waals surface area contributed by atoms with E-state index in [4.69, 9.17) is 0 Å². The van der Waals surface area contributed by atoms with Crippen LogP contribution in [0.25, 0.3) is 0 Å². The van der Waals surface area contributed by atoms with Gasteiger partial charge in [-0.1, -0.05) is 0 Å². The molecule has 5 nitrogen and oxygen atoms in total. The lowest BCUT2D eigenvalue weighted by molar-refractivity contribution is -0.126. The van der Waals surface area contributed by atoms with Crippen LogP contribution in [0, 0.1) is 5.92 Å². The molecule has 1 heterocycles. The molecule has 2 atom stereocenters. The predicted octanol–water partition coefficient (Wildman–Crippen LogP) is -0.848. The van der Waals surface area contributed by atoms with Crippen LogP contribution in [0.2, 0.25) is 0 Å². The molecule has 1 saturated carbocycles. The topological polar surface area (TPSA) is 78.4 Å². The van der Waals surface area contributed by atoms with Gasteiger partial charge in [0.15, 0.2) is 0 Å². The molecule has 84 valence electrons. The minimum absolute atomic E-state index is 0.0714. The summed E-state index contributed by atoms with van der Waals surface area (Å²) in [5.74, 6) is 0.113. The van der Waals surface area contributed by atoms with Gasteiger partial charge in [-0.25, -0.2) is 0 Å². The van der Waals surface area contributed by atoms with E-state index in [2.05, 4.69) is 10.6 Å². The van der Waals surface area contributed by atoms with Gasteiger partial charge in [0, 0.05) is 13.0 Å². The molecule has 15 heavy (non-hydrogen) atoms. The molecule has 2 rings (SSSR count). The molecule has 0 aromatic rings. The summed E-state index contributed by atoms with van der Waals surface area (Å²) in [6, 6.07) is -0.399. The Labute approximate surface area is 88.2 Å². The standard InChI is InChI=1S/C10H16N2O3/c13-8(6-1-2-6)5-11-10(15)7-3-4-9(14)12-7/h6-8,13H,1-5H2,(H,11,15)(H,12,14)/t7-,8?/m1/s1. The second-order valence-electron chi connectivity index (χ2n) is 4.31. The lowest BCUT2D eigenvalue weighted by atomic mass is 10.2. The van der Waals surface area contributed by atoms with Crippen molar-refractivity contribution >= 4 is 11.8 Å². The Morgan fingerprint density at radius 2 is 2.27 bits per heavy atom. The smallest absolute Gasteiger partial charge is 0.242 e. The summed E-state index contributed by atoms with van der Waals surface area (Å²) in [5, 5.41) is 14.8. The van der Waals surface area contributed by atoms with Gasteiger partial charge >= 0.3 is 0 Å². The molecule has 0 bridgehead atoms. The zero-order valence-electron chi connectivity index (χ0n) is 8.53. The first-order valence-electron chi connectivity index (χ1n) is 5.42. The molecule has 0 radical (unpaired) electrons. The summed E-state index contributed by atoms with van der Waals surface area (Å²) >= 11 is 0. The SMILES string of the molecule is O=C1CC[C@H](C(=O)NCC(O)C2CC2)N1. The summed E-state index contributed by atoms with van der Waals surface area (Å²) in [5.41, 5.74) is 0. The zero-order valence-corrected chi connectivity index (χ0v) is 8.53. The van der Waals surface area contributed by atoms with Crippen LogP contribution < -0.4 is 10.6 Å². The fourth-order valence-electron chi connectivity index (χ4n) is 1.79. The number of aliphatic hydroxyl groups is 1. The molecular weight excluding hydrogens is 196 g/mol. The fraction of sp³-hybridized carbons (Fsp3) is 0.800. The Morgan fingerprint density at radius 1 is 1.53 bits per heavy atom. The Morgan fingerprint density at radius 3 is 2.80 bits per heavy atom. The van der Waals surface area contributed by atoms with E-state index in [0.29, 0.717) is 25.3 Å². The predicted molar refractivity (Wildman–Crippen MR) is 52.9 cm³/mol. The van der Waals surface area contributed by atoms with E-state index >= 15 is 0 Å². The number of carbonyl (C=O) groups is 2. The van der Waals surface area contributed by atoms with E-state index in [0.717, 1.165) is 12.8 Å². The highest BCUT2D eigenvalue weighted by Crippen LogP contribution is 2.32. The Hall–Kier alpha value is -1.10. The summed E-state index contributed by atoms with van der Waals surface area (Å²) in [6.45, 7) is 0.301. The molecule has 5 heteroatoms. The van der Waals surface area contributed by atoms with Crippen molar-refractivity contribution in [1.82, 2.24) is 10.6 Å². The maximum Gasteiger partial charge on any atom is 0.242 e. The molecular formula is C10H16N2O3. The minimum Gasteiger partial charge on any atom is -0.391 e. The molecule has 1 saturated heterocycles. The lowest BCUT2D eigenvalue weighted by Gasteiger charge is -2.13. The van der Waals surface area contributed by atoms with Crippen molar-refractivity contribution in [3.63, 3.8) is 0 Å². The molecule has 2 amide bonds. The second kappa shape index (κ2) is 4.18.